The highest BCUT2D eigenvalue weighted by Crippen LogP contribution is 2.35. The number of carbonyl (C=O) groups is 1. The van der Waals surface area contributed by atoms with Crippen molar-refractivity contribution in [1.82, 2.24) is 19.5 Å². The van der Waals surface area contributed by atoms with E-state index >= 15 is 0 Å². The summed E-state index contributed by atoms with van der Waals surface area (Å²) in [5.74, 6) is 5.02. The molecule has 178 valence electrons. The summed E-state index contributed by atoms with van der Waals surface area (Å²) >= 11 is 0. The second-order valence-corrected chi connectivity index (χ2v) is 8.22. The number of hydrogen-bond acceptors (Lipinski definition) is 9. The number of aromatic nitrogens is 4. The molecule has 1 saturated heterocycles. The Labute approximate surface area is 195 Å². The van der Waals surface area contributed by atoms with Gasteiger partial charge in [-0.15, -0.1) is 0 Å². The van der Waals surface area contributed by atoms with Crippen molar-refractivity contribution in [3.8, 4) is 11.8 Å². The predicted octanol–water partition coefficient (Wildman–Crippen LogP) is 0.278. The molecule has 2 aromatic heterocycles. The van der Waals surface area contributed by atoms with Gasteiger partial charge in [-0.05, 0) is 31.4 Å². The molecule has 11 heteroatoms. The van der Waals surface area contributed by atoms with E-state index < -0.39 is 36.6 Å². The number of aliphatic carboxylic acids is 1. The largest absolute Gasteiger partial charge is 0.480 e. The number of nitrogens with two attached hydrogens (primary N) is 2. The van der Waals surface area contributed by atoms with Crippen molar-refractivity contribution in [1.29, 1.82) is 0 Å². The molecule has 7 N–H and O–H groups in total. The van der Waals surface area contributed by atoms with E-state index in [1.54, 1.807) is 0 Å². The summed E-state index contributed by atoms with van der Waals surface area (Å²) in [6.45, 7) is 0. The minimum absolute atomic E-state index is 0.194. The zero-order valence-corrected chi connectivity index (χ0v) is 18.2. The molecule has 0 radical (unpaired) electrons. The van der Waals surface area contributed by atoms with Gasteiger partial charge in [0.2, 0.25) is 0 Å². The van der Waals surface area contributed by atoms with Gasteiger partial charge in [-0.2, -0.15) is 0 Å². The molecule has 0 spiro atoms. The summed E-state index contributed by atoms with van der Waals surface area (Å²) in [5, 5.41) is 30.6. The van der Waals surface area contributed by atoms with Crippen LogP contribution in [0.5, 0.6) is 0 Å². The van der Waals surface area contributed by atoms with Crippen LogP contribution in [0.2, 0.25) is 0 Å². The van der Waals surface area contributed by atoms with E-state index in [0.29, 0.717) is 17.6 Å². The van der Waals surface area contributed by atoms with Crippen LogP contribution in [0.15, 0.2) is 43.0 Å². The third-order valence-corrected chi connectivity index (χ3v) is 5.85. The fourth-order valence-electron chi connectivity index (χ4n) is 3.95. The molecule has 0 aliphatic carbocycles. The number of ether oxygens (including phenoxy) is 1. The Hall–Kier alpha value is -3.56. The van der Waals surface area contributed by atoms with Crippen LogP contribution in [0.1, 0.15) is 31.1 Å². The first-order valence-corrected chi connectivity index (χ1v) is 10.8. The zero-order chi connectivity index (χ0) is 24.2. The van der Waals surface area contributed by atoms with Crippen LogP contribution in [0.3, 0.4) is 0 Å². The summed E-state index contributed by atoms with van der Waals surface area (Å²) in [4.78, 5) is 23.4. The molecule has 0 bridgehead atoms. The number of hydrogen-bond donors (Lipinski definition) is 5. The highest BCUT2D eigenvalue weighted by Gasteiger charge is 2.44. The van der Waals surface area contributed by atoms with E-state index in [1.165, 1.54) is 17.2 Å². The third-order valence-electron chi connectivity index (χ3n) is 5.85. The van der Waals surface area contributed by atoms with Gasteiger partial charge in [-0.1, -0.05) is 30.0 Å². The minimum atomic E-state index is -1.25. The van der Waals surface area contributed by atoms with Gasteiger partial charge >= 0.3 is 5.97 Å². The molecule has 34 heavy (non-hydrogen) atoms. The van der Waals surface area contributed by atoms with Crippen molar-refractivity contribution < 1.29 is 24.9 Å². The predicted molar refractivity (Wildman–Crippen MR) is 122 cm³/mol. The van der Waals surface area contributed by atoms with Gasteiger partial charge in [-0.25, -0.2) is 15.0 Å². The van der Waals surface area contributed by atoms with E-state index in [2.05, 4.69) is 26.8 Å². The Bertz CT molecular complexity index is 1210. The number of aliphatic hydroxyl groups excluding tert-OH is 2. The maximum Gasteiger partial charge on any atom is 0.320 e. The Morgan fingerprint density at radius 1 is 1.15 bits per heavy atom. The van der Waals surface area contributed by atoms with E-state index in [4.69, 9.17) is 21.3 Å². The van der Waals surface area contributed by atoms with Crippen molar-refractivity contribution >= 4 is 23.0 Å². The third kappa shape index (κ3) is 5.00. The number of nitrogen functional groups attached to an aromatic ring is 1. The van der Waals surface area contributed by atoms with Crippen LogP contribution in [-0.2, 0) is 9.53 Å². The van der Waals surface area contributed by atoms with E-state index in [0.717, 1.165) is 5.56 Å². The molecule has 11 nitrogen and oxygen atoms in total. The monoisotopic (exact) mass is 466 g/mol. The lowest BCUT2D eigenvalue weighted by molar-refractivity contribution is -0.138. The number of imidazole rings is 1. The molecule has 3 heterocycles. The molecule has 0 saturated carbocycles. The normalized spacial score (nSPS) is 23.9. The molecule has 1 aliphatic heterocycles. The Balaban J connectivity index is 1.53. The smallest absolute Gasteiger partial charge is 0.320 e. The SMILES string of the molecule is Nc1ncnc2c1ncn2[C@@H]1O[C@H](CC(C#Cc2ccccc2)CCC(N)C(=O)O)[C@@H](O)[C@H]1O. The number of anilines is 1. The van der Waals surface area contributed by atoms with Crippen molar-refractivity contribution in [3.63, 3.8) is 0 Å². The van der Waals surface area contributed by atoms with Crippen LogP contribution < -0.4 is 11.5 Å². The lowest BCUT2D eigenvalue weighted by atomic mass is 9.92. The number of benzene rings is 1. The average Bonchev–Trinajstić information content (AvgIpc) is 3.38. The van der Waals surface area contributed by atoms with Crippen molar-refractivity contribution in [3.05, 3.63) is 48.5 Å². The van der Waals surface area contributed by atoms with E-state index in [9.17, 15) is 15.0 Å². The number of rotatable bonds is 7. The minimum Gasteiger partial charge on any atom is -0.480 e. The lowest BCUT2D eigenvalue weighted by Gasteiger charge is -2.19. The second-order valence-electron chi connectivity index (χ2n) is 8.22. The number of nitrogens with zero attached hydrogens (tertiary/aromatic N) is 4. The average molecular weight is 466 g/mol. The Morgan fingerprint density at radius 3 is 2.65 bits per heavy atom. The molecular formula is C23H26N6O5. The second kappa shape index (κ2) is 10.1. The fraction of sp³-hybridized carbons (Fsp3) is 0.391. The molecule has 1 fully saturated rings. The summed E-state index contributed by atoms with van der Waals surface area (Å²) in [6.07, 6.45) is -0.568. The molecule has 0 amide bonds. The van der Waals surface area contributed by atoms with Gasteiger partial charge in [0, 0.05) is 11.5 Å². The number of carboxylic acid groups (broad SMARTS) is 1. The van der Waals surface area contributed by atoms with E-state index in [1.807, 2.05) is 30.3 Å². The van der Waals surface area contributed by atoms with Gasteiger partial charge < -0.3 is 31.5 Å². The Kier molecular flexibility index (Phi) is 7.04. The molecule has 4 rings (SSSR count). The summed E-state index contributed by atoms with van der Waals surface area (Å²) < 4.78 is 7.53. The quantitative estimate of drug-likeness (QED) is 0.303. The first-order valence-electron chi connectivity index (χ1n) is 10.8. The highest BCUT2D eigenvalue weighted by atomic mass is 16.6. The molecular weight excluding hydrogens is 440 g/mol. The summed E-state index contributed by atoms with van der Waals surface area (Å²) in [6, 6.07) is 8.34. The molecule has 1 aliphatic rings. The maximum absolute atomic E-state index is 11.1. The molecule has 2 unspecified atom stereocenters. The standard InChI is InChI=1S/C23H26N6O5/c24-15(23(32)33)9-8-14(7-6-13-4-2-1-3-5-13)10-16-18(30)19(31)22(34-16)29-12-28-17-20(25)26-11-27-21(17)29/h1-5,11-12,14-16,18-19,22,30-31H,8-10,24H2,(H,32,33)(H2,25,26,27)/t14?,15?,16-,18-,19-,22-/m1/s1. The first-order chi connectivity index (χ1) is 16.3. The lowest BCUT2D eigenvalue weighted by Crippen LogP contribution is -2.33. The van der Waals surface area contributed by atoms with Gasteiger partial charge in [0.1, 0.15) is 30.1 Å². The topological polar surface area (TPSA) is 183 Å². The Morgan fingerprint density at radius 2 is 1.91 bits per heavy atom. The van der Waals surface area contributed by atoms with Gasteiger partial charge in [0.25, 0.3) is 0 Å². The zero-order valence-electron chi connectivity index (χ0n) is 18.2. The van der Waals surface area contributed by atoms with E-state index in [-0.39, 0.29) is 24.6 Å². The molecule has 3 aromatic rings. The van der Waals surface area contributed by atoms with Crippen LogP contribution in [0, 0.1) is 17.8 Å². The van der Waals surface area contributed by atoms with Crippen molar-refractivity contribution in [2.24, 2.45) is 11.7 Å². The first kappa shape index (κ1) is 23.6. The summed E-state index contributed by atoms with van der Waals surface area (Å²) in [5.41, 5.74) is 13.1. The van der Waals surface area contributed by atoms with Crippen LogP contribution in [0.25, 0.3) is 11.2 Å². The number of carboxylic acids is 1. The highest BCUT2D eigenvalue weighted by molar-refractivity contribution is 5.81. The van der Waals surface area contributed by atoms with Crippen LogP contribution in [-0.4, -0.2) is 65.2 Å². The van der Waals surface area contributed by atoms with Crippen LogP contribution in [0.4, 0.5) is 5.82 Å². The molecule has 6 atom stereocenters. The number of fused-ring (bicyclic) bond motifs is 1. The fourth-order valence-corrected chi connectivity index (χ4v) is 3.95. The summed E-state index contributed by atoms with van der Waals surface area (Å²) in [7, 11) is 0. The van der Waals surface area contributed by atoms with Crippen molar-refractivity contribution in [2.45, 2.75) is 49.8 Å². The van der Waals surface area contributed by atoms with Crippen LogP contribution >= 0.6 is 0 Å². The van der Waals surface area contributed by atoms with Crippen molar-refractivity contribution in [2.75, 3.05) is 5.73 Å². The van der Waals surface area contributed by atoms with Gasteiger partial charge in [-0.3, -0.25) is 9.36 Å². The maximum atomic E-state index is 11.1. The number of aliphatic hydroxyl groups is 2. The molecule has 1 aromatic carbocycles. The van der Waals surface area contributed by atoms with Gasteiger partial charge in [0.05, 0.1) is 12.4 Å². The van der Waals surface area contributed by atoms with Gasteiger partial charge in [0.15, 0.2) is 17.7 Å².